The van der Waals surface area contributed by atoms with Crippen LogP contribution in [0, 0.1) is 12.8 Å². The summed E-state index contributed by atoms with van der Waals surface area (Å²) in [5, 5.41) is 3.40. The maximum absolute atomic E-state index is 12.7. The number of hydrogen-bond donors (Lipinski definition) is 1. The van der Waals surface area contributed by atoms with Gasteiger partial charge < -0.3 is 5.32 Å². The first-order chi connectivity index (χ1) is 10.0. The topological polar surface area (TPSA) is 49.4 Å². The van der Waals surface area contributed by atoms with Crippen LogP contribution < -0.4 is 5.32 Å². The van der Waals surface area contributed by atoms with Gasteiger partial charge in [-0.1, -0.05) is 19.1 Å². The Bertz CT molecular complexity index is 557. The van der Waals surface area contributed by atoms with Gasteiger partial charge in [-0.2, -0.15) is 4.31 Å². The van der Waals surface area contributed by atoms with Crippen molar-refractivity contribution < 1.29 is 8.42 Å². The number of benzene rings is 1. The molecule has 1 aromatic rings. The van der Waals surface area contributed by atoms with E-state index in [2.05, 4.69) is 12.2 Å². The van der Waals surface area contributed by atoms with Gasteiger partial charge in [-0.25, -0.2) is 8.42 Å². The number of nitrogens with zero attached hydrogens (tertiary/aromatic N) is 1. The molecular weight excluding hydrogens is 284 g/mol. The summed E-state index contributed by atoms with van der Waals surface area (Å²) in [6.45, 7) is 7.25. The molecule has 0 aliphatic carbocycles. The smallest absolute Gasteiger partial charge is 0.243 e. The van der Waals surface area contributed by atoms with Crippen molar-refractivity contribution >= 4 is 10.0 Å². The summed E-state index contributed by atoms with van der Waals surface area (Å²) < 4.78 is 27.1. The molecule has 1 unspecified atom stereocenters. The summed E-state index contributed by atoms with van der Waals surface area (Å²) in [6.07, 6.45) is 3.16. The SMILES string of the molecule is CCCNCC1CCCN(S(=O)(=O)c2cccc(C)c2)C1. The highest BCUT2D eigenvalue weighted by atomic mass is 32.2. The van der Waals surface area contributed by atoms with Gasteiger partial charge in [-0.05, 0) is 62.9 Å². The van der Waals surface area contributed by atoms with E-state index in [0.29, 0.717) is 23.9 Å². The molecule has 0 amide bonds. The molecule has 21 heavy (non-hydrogen) atoms. The molecule has 1 N–H and O–H groups in total. The molecule has 0 aromatic heterocycles. The van der Waals surface area contributed by atoms with E-state index in [4.69, 9.17) is 0 Å². The molecule has 1 aliphatic heterocycles. The summed E-state index contributed by atoms with van der Waals surface area (Å²) >= 11 is 0. The summed E-state index contributed by atoms with van der Waals surface area (Å²) in [6, 6.07) is 7.19. The minimum absolute atomic E-state index is 0.421. The van der Waals surface area contributed by atoms with Crippen molar-refractivity contribution in [3.8, 4) is 0 Å². The molecular formula is C16H26N2O2S. The van der Waals surface area contributed by atoms with E-state index in [-0.39, 0.29) is 0 Å². The summed E-state index contributed by atoms with van der Waals surface area (Å²) in [4.78, 5) is 0.421. The number of nitrogens with one attached hydrogen (secondary N) is 1. The van der Waals surface area contributed by atoms with Gasteiger partial charge in [0.1, 0.15) is 0 Å². The average molecular weight is 310 g/mol. The Balaban J connectivity index is 2.06. The van der Waals surface area contributed by atoms with E-state index in [1.165, 1.54) is 0 Å². The first-order valence-corrected chi connectivity index (χ1v) is 9.25. The third-order valence-electron chi connectivity index (χ3n) is 3.97. The maximum atomic E-state index is 12.7. The highest BCUT2D eigenvalue weighted by Gasteiger charge is 2.29. The molecule has 1 atom stereocenters. The Morgan fingerprint density at radius 2 is 2.19 bits per heavy atom. The zero-order valence-electron chi connectivity index (χ0n) is 13.0. The number of hydrogen-bond acceptors (Lipinski definition) is 3. The van der Waals surface area contributed by atoms with Crippen LogP contribution in [-0.4, -0.2) is 38.9 Å². The lowest BCUT2D eigenvalue weighted by Gasteiger charge is -2.32. The van der Waals surface area contributed by atoms with Crippen LogP contribution in [0.25, 0.3) is 0 Å². The molecule has 0 radical (unpaired) electrons. The molecule has 0 saturated carbocycles. The molecule has 1 heterocycles. The Kier molecular flexibility index (Phi) is 5.79. The summed E-state index contributed by atoms with van der Waals surface area (Å²) in [7, 11) is -3.34. The average Bonchev–Trinajstić information content (AvgIpc) is 2.48. The summed E-state index contributed by atoms with van der Waals surface area (Å²) in [5.41, 5.74) is 0.981. The molecule has 1 fully saturated rings. The van der Waals surface area contributed by atoms with Crippen molar-refractivity contribution in [2.45, 2.75) is 38.0 Å². The molecule has 1 aromatic carbocycles. The molecule has 1 aliphatic rings. The predicted molar refractivity (Wildman–Crippen MR) is 85.8 cm³/mol. The first-order valence-electron chi connectivity index (χ1n) is 7.81. The van der Waals surface area contributed by atoms with E-state index in [9.17, 15) is 8.42 Å². The minimum Gasteiger partial charge on any atom is -0.316 e. The third-order valence-corrected chi connectivity index (χ3v) is 5.83. The van der Waals surface area contributed by atoms with Crippen LogP contribution >= 0.6 is 0 Å². The number of aryl methyl sites for hydroxylation is 1. The lowest BCUT2D eigenvalue weighted by Crippen LogP contribution is -2.42. The minimum atomic E-state index is -3.34. The highest BCUT2D eigenvalue weighted by molar-refractivity contribution is 7.89. The maximum Gasteiger partial charge on any atom is 0.243 e. The van der Waals surface area contributed by atoms with Gasteiger partial charge in [-0.3, -0.25) is 0 Å². The van der Waals surface area contributed by atoms with Crippen LogP contribution in [0.4, 0.5) is 0 Å². The van der Waals surface area contributed by atoms with Gasteiger partial charge in [0.2, 0.25) is 10.0 Å². The Morgan fingerprint density at radius 1 is 1.38 bits per heavy atom. The van der Waals surface area contributed by atoms with Gasteiger partial charge in [-0.15, -0.1) is 0 Å². The largest absolute Gasteiger partial charge is 0.316 e. The van der Waals surface area contributed by atoms with Crippen molar-refractivity contribution in [3.05, 3.63) is 29.8 Å². The zero-order chi connectivity index (χ0) is 15.3. The van der Waals surface area contributed by atoms with Crippen molar-refractivity contribution in [2.75, 3.05) is 26.2 Å². The van der Waals surface area contributed by atoms with Crippen molar-refractivity contribution in [1.29, 1.82) is 0 Å². The molecule has 2 rings (SSSR count). The molecule has 5 heteroatoms. The van der Waals surface area contributed by atoms with Crippen molar-refractivity contribution in [1.82, 2.24) is 9.62 Å². The van der Waals surface area contributed by atoms with Crippen molar-refractivity contribution in [2.24, 2.45) is 5.92 Å². The fraction of sp³-hybridized carbons (Fsp3) is 0.625. The zero-order valence-corrected chi connectivity index (χ0v) is 13.8. The highest BCUT2D eigenvalue weighted by Crippen LogP contribution is 2.23. The van der Waals surface area contributed by atoms with E-state index in [1.807, 2.05) is 19.1 Å². The lowest BCUT2D eigenvalue weighted by atomic mass is 10.00. The number of rotatable bonds is 6. The molecule has 4 nitrogen and oxygen atoms in total. The van der Waals surface area contributed by atoms with Crippen LogP contribution in [0.15, 0.2) is 29.2 Å². The van der Waals surface area contributed by atoms with Crippen molar-refractivity contribution in [3.63, 3.8) is 0 Å². The first kappa shape index (κ1) is 16.5. The molecule has 0 bridgehead atoms. The fourth-order valence-electron chi connectivity index (χ4n) is 2.82. The van der Waals surface area contributed by atoms with Gasteiger partial charge in [0.25, 0.3) is 0 Å². The van der Waals surface area contributed by atoms with Gasteiger partial charge in [0, 0.05) is 13.1 Å². The Morgan fingerprint density at radius 3 is 2.90 bits per heavy atom. The Hall–Kier alpha value is -0.910. The number of sulfonamides is 1. The van der Waals surface area contributed by atoms with E-state index in [0.717, 1.165) is 37.9 Å². The van der Waals surface area contributed by atoms with Crippen LogP contribution in [0.5, 0.6) is 0 Å². The second-order valence-electron chi connectivity index (χ2n) is 5.89. The van der Waals surface area contributed by atoms with E-state index >= 15 is 0 Å². The fourth-order valence-corrected chi connectivity index (χ4v) is 4.48. The van der Waals surface area contributed by atoms with Crippen LogP contribution in [0.2, 0.25) is 0 Å². The lowest BCUT2D eigenvalue weighted by molar-refractivity contribution is 0.260. The van der Waals surface area contributed by atoms with E-state index in [1.54, 1.807) is 16.4 Å². The third kappa shape index (κ3) is 4.28. The van der Waals surface area contributed by atoms with Gasteiger partial charge in [0.05, 0.1) is 4.90 Å². The van der Waals surface area contributed by atoms with Crippen LogP contribution in [0.3, 0.4) is 0 Å². The monoisotopic (exact) mass is 310 g/mol. The van der Waals surface area contributed by atoms with Crippen LogP contribution in [0.1, 0.15) is 31.7 Å². The second kappa shape index (κ2) is 7.38. The van der Waals surface area contributed by atoms with Gasteiger partial charge in [0.15, 0.2) is 0 Å². The second-order valence-corrected chi connectivity index (χ2v) is 7.83. The Labute approximate surface area is 128 Å². The quantitative estimate of drug-likeness (QED) is 0.821. The molecule has 1 saturated heterocycles. The normalized spacial score (nSPS) is 20.6. The predicted octanol–water partition coefficient (Wildman–Crippen LogP) is 2.40. The molecule has 118 valence electrons. The van der Waals surface area contributed by atoms with Crippen LogP contribution in [-0.2, 0) is 10.0 Å². The molecule has 0 spiro atoms. The standard InChI is InChI=1S/C16H26N2O2S/c1-3-9-17-12-15-7-5-10-18(13-15)21(19,20)16-8-4-6-14(2)11-16/h4,6,8,11,15,17H,3,5,7,9-10,12-13H2,1-2H3. The summed E-state index contributed by atoms with van der Waals surface area (Å²) in [5.74, 6) is 0.421. The van der Waals surface area contributed by atoms with Gasteiger partial charge >= 0.3 is 0 Å². The van der Waals surface area contributed by atoms with E-state index < -0.39 is 10.0 Å². The number of piperidine rings is 1.